The molecule has 0 aliphatic carbocycles. The molecular formula is C30H36IN3O4S. The summed E-state index contributed by atoms with van der Waals surface area (Å²) in [6.45, 7) is 7.35. The number of hydrogen-bond acceptors (Lipinski definition) is 4. The maximum absolute atomic E-state index is 14.1. The van der Waals surface area contributed by atoms with Gasteiger partial charge in [0.1, 0.15) is 12.6 Å². The highest BCUT2D eigenvalue weighted by atomic mass is 127. The molecule has 208 valence electrons. The molecule has 0 radical (unpaired) electrons. The van der Waals surface area contributed by atoms with Crippen molar-refractivity contribution < 1.29 is 18.0 Å². The molecule has 0 heterocycles. The molecule has 0 fully saturated rings. The number of benzene rings is 3. The molecule has 1 atom stereocenters. The molecule has 39 heavy (non-hydrogen) atoms. The Morgan fingerprint density at radius 1 is 0.923 bits per heavy atom. The predicted octanol–water partition coefficient (Wildman–Crippen LogP) is 4.92. The number of nitrogens with zero attached hydrogens (tertiary/aromatic N) is 2. The Labute approximate surface area is 245 Å². The Balaban J connectivity index is 2.07. The Hall–Kier alpha value is -2.92. The number of aryl methyl sites for hydroxylation is 1. The minimum atomic E-state index is -3.79. The van der Waals surface area contributed by atoms with Crippen molar-refractivity contribution in [3.05, 3.63) is 99.1 Å². The van der Waals surface area contributed by atoms with Gasteiger partial charge in [0.2, 0.25) is 21.8 Å². The van der Waals surface area contributed by atoms with Crippen LogP contribution in [0.4, 0.5) is 5.69 Å². The van der Waals surface area contributed by atoms with Gasteiger partial charge >= 0.3 is 0 Å². The second-order valence-corrected chi connectivity index (χ2v) is 13.9. The van der Waals surface area contributed by atoms with E-state index in [1.807, 2.05) is 82.3 Å². The normalized spacial score (nSPS) is 12.5. The van der Waals surface area contributed by atoms with Crippen LogP contribution in [0.5, 0.6) is 0 Å². The molecule has 0 aliphatic rings. The van der Waals surface area contributed by atoms with Gasteiger partial charge in [-0.2, -0.15) is 0 Å². The summed E-state index contributed by atoms with van der Waals surface area (Å²) in [5.74, 6) is -0.766. The summed E-state index contributed by atoms with van der Waals surface area (Å²) in [6.07, 6.45) is 1.36. The monoisotopic (exact) mass is 661 g/mol. The molecule has 0 bridgehead atoms. The predicted molar refractivity (Wildman–Crippen MR) is 165 cm³/mol. The van der Waals surface area contributed by atoms with Crippen molar-refractivity contribution in [1.82, 2.24) is 10.2 Å². The maximum atomic E-state index is 14.1. The number of amides is 2. The van der Waals surface area contributed by atoms with Crippen LogP contribution in [0.25, 0.3) is 0 Å². The lowest BCUT2D eigenvalue weighted by Gasteiger charge is -2.35. The summed E-state index contributed by atoms with van der Waals surface area (Å²) in [7, 11) is -3.79. The second kappa shape index (κ2) is 13.0. The fourth-order valence-corrected chi connectivity index (χ4v) is 5.44. The first-order chi connectivity index (χ1) is 18.2. The molecule has 1 N–H and O–H groups in total. The van der Waals surface area contributed by atoms with Crippen LogP contribution in [0.3, 0.4) is 0 Å². The van der Waals surface area contributed by atoms with E-state index in [9.17, 15) is 18.0 Å². The van der Waals surface area contributed by atoms with Gasteiger partial charge in [-0.25, -0.2) is 8.42 Å². The molecule has 0 saturated carbocycles. The summed E-state index contributed by atoms with van der Waals surface area (Å²) in [6, 6.07) is 23.3. The average Bonchev–Trinajstić information content (AvgIpc) is 2.84. The first kappa shape index (κ1) is 30.6. The van der Waals surface area contributed by atoms with E-state index >= 15 is 0 Å². The smallest absolute Gasteiger partial charge is 0.244 e. The van der Waals surface area contributed by atoms with Crippen LogP contribution in [0.15, 0.2) is 78.9 Å². The van der Waals surface area contributed by atoms with Crippen LogP contribution >= 0.6 is 22.6 Å². The largest absolute Gasteiger partial charge is 0.350 e. The highest BCUT2D eigenvalue weighted by molar-refractivity contribution is 14.1. The molecule has 0 aliphatic heterocycles. The third kappa shape index (κ3) is 9.35. The van der Waals surface area contributed by atoms with Gasteiger partial charge in [-0.1, -0.05) is 60.2 Å². The van der Waals surface area contributed by atoms with Crippen molar-refractivity contribution in [3.8, 4) is 0 Å². The summed E-state index contributed by atoms with van der Waals surface area (Å²) in [5.41, 5.74) is 2.64. The summed E-state index contributed by atoms with van der Waals surface area (Å²) < 4.78 is 27.7. The Morgan fingerprint density at radius 3 is 2.10 bits per heavy atom. The van der Waals surface area contributed by atoms with E-state index in [0.29, 0.717) is 5.69 Å². The van der Waals surface area contributed by atoms with E-state index in [0.717, 1.165) is 30.8 Å². The van der Waals surface area contributed by atoms with E-state index in [-0.39, 0.29) is 18.9 Å². The van der Waals surface area contributed by atoms with Gasteiger partial charge in [0, 0.05) is 22.1 Å². The van der Waals surface area contributed by atoms with Crippen molar-refractivity contribution in [2.24, 2.45) is 0 Å². The zero-order chi connectivity index (χ0) is 28.8. The van der Waals surface area contributed by atoms with E-state index in [2.05, 4.69) is 27.9 Å². The lowest BCUT2D eigenvalue weighted by molar-refractivity contribution is -0.140. The number of anilines is 1. The lowest BCUT2D eigenvalue weighted by Crippen LogP contribution is -2.56. The second-order valence-electron chi connectivity index (χ2n) is 10.7. The van der Waals surface area contributed by atoms with Crippen LogP contribution in [0.1, 0.15) is 37.5 Å². The topological polar surface area (TPSA) is 86.8 Å². The van der Waals surface area contributed by atoms with Crippen LogP contribution in [0, 0.1) is 10.5 Å². The third-order valence-corrected chi connectivity index (χ3v) is 7.86. The number of halogens is 1. The fourth-order valence-electron chi connectivity index (χ4n) is 4.24. The van der Waals surface area contributed by atoms with Crippen molar-refractivity contribution >= 4 is 50.1 Å². The van der Waals surface area contributed by atoms with Crippen LogP contribution in [-0.4, -0.2) is 49.5 Å². The number of nitrogens with one attached hydrogen (secondary N) is 1. The van der Waals surface area contributed by atoms with Gasteiger partial charge in [-0.15, -0.1) is 0 Å². The zero-order valence-corrected chi connectivity index (χ0v) is 26.0. The Kier molecular flexibility index (Phi) is 10.2. The molecule has 7 nitrogen and oxygen atoms in total. The van der Waals surface area contributed by atoms with Gasteiger partial charge in [-0.3, -0.25) is 13.9 Å². The molecule has 0 saturated heterocycles. The van der Waals surface area contributed by atoms with Crippen molar-refractivity contribution in [2.75, 3.05) is 17.1 Å². The van der Waals surface area contributed by atoms with Crippen molar-refractivity contribution in [1.29, 1.82) is 0 Å². The lowest BCUT2D eigenvalue weighted by atomic mass is 10.0. The van der Waals surface area contributed by atoms with Crippen LogP contribution in [-0.2, 0) is 32.6 Å². The van der Waals surface area contributed by atoms with E-state index in [4.69, 9.17) is 0 Å². The Bertz CT molecular complexity index is 1390. The van der Waals surface area contributed by atoms with Gasteiger partial charge < -0.3 is 10.2 Å². The van der Waals surface area contributed by atoms with Gasteiger partial charge in [0.25, 0.3) is 0 Å². The quantitative estimate of drug-likeness (QED) is 0.313. The number of rotatable bonds is 10. The average molecular weight is 662 g/mol. The standard InChI is InChI=1S/C30H36IN3O4S/c1-22-10-9-13-24(18-22)20-33(27(29(36)32-30(2,3)4)19-23-11-7-6-8-12-23)28(35)21-34(39(5,37)38)26-16-14-25(31)15-17-26/h6-18,27H,19-21H2,1-5H3,(H,32,36). The van der Waals surface area contributed by atoms with Crippen LogP contribution in [0.2, 0.25) is 0 Å². The molecule has 0 aromatic heterocycles. The van der Waals surface area contributed by atoms with Gasteiger partial charge in [0.15, 0.2) is 0 Å². The third-order valence-electron chi connectivity index (χ3n) is 6.00. The summed E-state index contributed by atoms with van der Waals surface area (Å²) in [4.78, 5) is 29.3. The SMILES string of the molecule is Cc1cccc(CN(C(=O)CN(c2ccc(I)cc2)S(C)(=O)=O)C(Cc2ccccc2)C(=O)NC(C)(C)C)c1. The first-order valence-electron chi connectivity index (χ1n) is 12.7. The highest BCUT2D eigenvalue weighted by Gasteiger charge is 2.34. The molecule has 0 spiro atoms. The molecule has 3 rings (SSSR count). The molecular weight excluding hydrogens is 625 g/mol. The fraction of sp³-hybridized carbons (Fsp3) is 0.333. The molecule has 3 aromatic rings. The zero-order valence-electron chi connectivity index (χ0n) is 23.0. The highest BCUT2D eigenvalue weighted by Crippen LogP contribution is 2.22. The number of carbonyl (C=O) groups excluding carboxylic acids is 2. The number of sulfonamides is 1. The minimum absolute atomic E-state index is 0.153. The number of carbonyl (C=O) groups is 2. The van der Waals surface area contributed by atoms with Gasteiger partial charge in [-0.05, 0) is 85.7 Å². The van der Waals surface area contributed by atoms with E-state index in [1.165, 1.54) is 4.90 Å². The van der Waals surface area contributed by atoms with Crippen molar-refractivity contribution in [3.63, 3.8) is 0 Å². The molecule has 1 unspecified atom stereocenters. The minimum Gasteiger partial charge on any atom is -0.350 e. The molecule has 9 heteroatoms. The Morgan fingerprint density at radius 2 is 1.54 bits per heavy atom. The van der Waals surface area contributed by atoms with Crippen LogP contribution < -0.4 is 9.62 Å². The number of hydrogen-bond donors (Lipinski definition) is 1. The molecule has 3 aromatic carbocycles. The molecule has 2 amide bonds. The van der Waals surface area contributed by atoms with E-state index < -0.39 is 34.1 Å². The van der Waals surface area contributed by atoms with Crippen molar-refractivity contribution in [2.45, 2.75) is 52.2 Å². The maximum Gasteiger partial charge on any atom is 0.244 e. The summed E-state index contributed by atoms with van der Waals surface area (Å²) >= 11 is 2.14. The first-order valence-corrected chi connectivity index (χ1v) is 15.6. The summed E-state index contributed by atoms with van der Waals surface area (Å²) in [5, 5.41) is 3.03. The van der Waals surface area contributed by atoms with E-state index in [1.54, 1.807) is 24.3 Å². The van der Waals surface area contributed by atoms with Gasteiger partial charge in [0.05, 0.1) is 11.9 Å².